The van der Waals surface area contributed by atoms with Crippen molar-refractivity contribution < 1.29 is 9.21 Å². The smallest absolute Gasteiger partial charge is 0.239 e. The summed E-state index contributed by atoms with van der Waals surface area (Å²) in [5.74, 6) is 2.66. The van der Waals surface area contributed by atoms with E-state index in [2.05, 4.69) is 25.2 Å². The zero-order chi connectivity index (χ0) is 20.2. The third-order valence-electron chi connectivity index (χ3n) is 5.01. The van der Waals surface area contributed by atoms with Gasteiger partial charge in [0.05, 0.1) is 6.54 Å². The molecular formula is C20H24N6O2S. The highest BCUT2D eigenvalue weighted by Crippen LogP contribution is 2.26. The number of furan rings is 1. The molecule has 1 amide bonds. The average molecular weight is 413 g/mol. The molecule has 9 heteroatoms. The van der Waals surface area contributed by atoms with E-state index in [0.717, 1.165) is 43.2 Å². The lowest BCUT2D eigenvalue weighted by Gasteiger charge is -2.30. The summed E-state index contributed by atoms with van der Waals surface area (Å²) in [4.78, 5) is 28.1. The molecule has 29 heavy (non-hydrogen) atoms. The van der Waals surface area contributed by atoms with Crippen LogP contribution in [0.2, 0.25) is 0 Å². The third-order valence-corrected chi connectivity index (χ3v) is 5.81. The number of thiazole rings is 1. The van der Waals surface area contributed by atoms with Crippen LogP contribution in [-0.2, 0) is 4.79 Å². The van der Waals surface area contributed by atoms with E-state index >= 15 is 0 Å². The van der Waals surface area contributed by atoms with Crippen molar-refractivity contribution in [2.75, 3.05) is 31.5 Å². The fraction of sp³-hybridized carbons (Fsp3) is 0.400. The average Bonchev–Trinajstić information content (AvgIpc) is 3.40. The monoisotopic (exact) mass is 412 g/mol. The molecule has 152 valence electrons. The Morgan fingerprint density at radius 1 is 1.34 bits per heavy atom. The number of likely N-dealkylation sites (tertiary alicyclic amines) is 1. The van der Waals surface area contributed by atoms with Crippen molar-refractivity contribution in [3.8, 4) is 22.3 Å². The predicted molar refractivity (Wildman–Crippen MR) is 112 cm³/mol. The minimum Gasteiger partial charge on any atom is -0.458 e. The van der Waals surface area contributed by atoms with Crippen molar-refractivity contribution >= 4 is 23.1 Å². The van der Waals surface area contributed by atoms with Crippen LogP contribution in [0.5, 0.6) is 0 Å². The van der Waals surface area contributed by atoms with Crippen LogP contribution < -0.4 is 11.1 Å². The fourth-order valence-electron chi connectivity index (χ4n) is 3.40. The number of carbonyl (C=O) groups is 1. The topological polar surface area (TPSA) is 110 Å². The summed E-state index contributed by atoms with van der Waals surface area (Å²) in [5.41, 5.74) is 6.40. The van der Waals surface area contributed by atoms with Crippen molar-refractivity contribution in [1.29, 1.82) is 0 Å². The second kappa shape index (κ2) is 8.81. The number of hydrogen-bond donors (Lipinski definition) is 2. The van der Waals surface area contributed by atoms with E-state index in [4.69, 9.17) is 10.2 Å². The molecule has 1 fully saturated rings. The molecule has 1 saturated heterocycles. The first kappa shape index (κ1) is 19.7. The predicted octanol–water partition coefficient (Wildman–Crippen LogP) is 2.78. The van der Waals surface area contributed by atoms with Gasteiger partial charge in [-0.05, 0) is 57.5 Å². The van der Waals surface area contributed by atoms with E-state index in [-0.39, 0.29) is 5.91 Å². The number of aromatic nitrogens is 3. The first-order chi connectivity index (χ1) is 14.1. The summed E-state index contributed by atoms with van der Waals surface area (Å²) in [6, 6.07) is 5.43. The highest BCUT2D eigenvalue weighted by molar-refractivity contribution is 7.13. The molecule has 4 rings (SSSR count). The first-order valence-corrected chi connectivity index (χ1v) is 10.6. The summed E-state index contributed by atoms with van der Waals surface area (Å²) in [7, 11) is 0. The fourth-order valence-corrected chi connectivity index (χ4v) is 4.00. The largest absolute Gasteiger partial charge is 0.458 e. The van der Waals surface area contributed by atoms with E-state index in [0.29, 0.717) is 35.6 Å². The molecule has 0 unspecified atom stereocenters. The molecule has 0 aliphatic carbocycles. The summed E-state index contributed by atoms with van der Waals surface area (Å²) in [6.07, 6.45) is 3.79. The molecular weight excluding hydrogens is 388 g/mol. The van der Waals surface area contributed by atoms with Crippen LogP contribution in [0, 0.1) is 12.8 Å². The van der Waals surface area contributed by atoms with E-state index in [1.165, 1.54) is 11.3 Å². The number of carbonyl (C=O) groups excluding carboxylic acids is 1. The third kappa shape index (κ3) is 4.87. The van der Waals surface area contributed by atoms with Gasteiger partial charge in [0.2, 0.25) is 5.91 Å². The molecule has 0 aromatic carbocycles. The lowest BCUT2D eigenvalue weighted by atomic mass is 9.97. The second-order valence-corrected chi connectivity index (χ2v) is 8.11. The Labute approximate surface area is 173 Å². The van der Waals surface area contributed by atoms with Gasteiger partial charge in [0.25, 0.3) is 0 Å². The molecule has 0 saturated carbocycles. The van der Waals surface area contributed by atoms with Gasteiger partial charge in [-0.3, -0.25) is 9.69 Å². The molecule has 4 heterocycles. The second-order valence-electron chi connectivity index (χ2n) is 7.21. The van der Waals surface area contributed by atoms with Crippen LogP contribution in [0.1, 0.15) is 18.6 Å². The van der Waals surface area contributed by atoms with Gasteiger partial charge in [0, 0.05) is 17.6 Å². The minimum absolute atomic E-state index is 0.0958. The summed E-state index contributed by atoms with van der Waals surface area (Å²) in [6.45, 7) is 4.70. The molecule has 0 bridgehead atoms. The van der Waals surface area contributed by atoms with Crippen LogP contribution in [-0.4, -0.2) is 51.9 Å². The van der Waals surface area contributed by atoms with Gasteiger partial charge in [-0.15, -0.1) is 11.3 Å². The van der Waals surface area contributed by atoms with Crippen molar-refractivity contribution in [2.24, 2.45) is 11.7 Å². The maximum Gasteiger partial charge on any atom is 0.239 e. The van der Waals surface area contributed by atoms with Crippen molar-refractivity contribution in [3.63, 3.8) is 0 Å². The Hall–Kier alpha value is -2.62. The van der Waals surface area contributed by atoms with Crippen molar-refractivity contribution in [1.82, 2.24) is 19.9 Å². The quantitative estimate of drug-likeness (QED) is 0.640. The van der Waals surface area contributed by atoms with E-state index in [9.17, 15) is 4.79 Å². The van der Waals surface area contributed by atoms with E-state index < -0.39 is 0 Å². The highest BCUT2D eigenvalue weighted by Gasteiger charge is 2.20. The van der Waals surface area contributed by atoms with Gasteiger partial charge in [-0.2, -0.15) is 0 Å². The van der Waals surface area contributed by atoms with Gasteiger partial charge < -0.3 is 15.5 Å². The number of nitrogens with zero attached hydrogens (tertiary/aromatic N) is 4. The summed E-state index contributed by atoms with van der Waals surface area (Å²) in [5, 5.41) is 5.56. The van der Waals surface area contributed by atoms with Gasteiger partial charge >= 0.3 is 0 Å². The van der Waals surface area contributed by atoms with Crippen LogP contribution >= 0.6 is 11.3 Å². The molecule has 0 spiro atoms. The maximum absolute atomic E-state index is 12.6. The van der Waals surface area contributed by atoms with Crippen LogP contribution in [0.25, 0.3) is 22.3 Å². The Kier molecular flexibility index (Phi) is 5.98. The lowest BCUT2D eigenvalue weighted by molar-refractivity contribution is -0.117. The molecule has 8 nitrogen and oxygen atoms in total. The Morgan fingerprint density at radius 3 is 2.83 bits per heavy atom. The number of rotatable bonds is 6. The standard InChI is InChI=1S/C20H24N6O2S/c1-13-2-3-16(28-13)19-23-15(20-22-6-9-29-20)10-17(25-19)24-18(27)12-26-7-4-14(11-21)5-8-26/h2-3,6,9-10,14H,4-5,7-8,11-12,21H2,1H3,(H,23,24,25,27). The Balaban J connectivity index is 1.51. The van der Waals surface area contributed by atoms with Crippen molar-refractivity contribution in [2.45, 2.75) is 19.8 Å². The van der Waals surface area contributed by atoms with Crippen LogP contribution in [0.15, 0.2) is 34.2 Å². The number of nitrogens with two attached hydrogens (primary N) is 1. The SMILES string of the molecule is Cc1ccc(-c2nc(NC(=O)CN3CCC(CN)CC3)cc(-c3nccs3)n2)o1. The number of amides is 1. The normalized spacial score (nSPS) is 15.5. The number of nitrogens with one attached hydrogen (secondary N) is 1. The summed E-state index contributed by atoms with van der Waals surface area (Å²) >= 11 is 1.48. The number of aryl methyl sites for hydroxylation is 1. The number of anilines is 1. The Bertz CT molecular complexity index is 963. The molecule has 1 aliphatic heterocycles. The van der Waals surface area contributed by atoms with E-state index in [1.54, 1.807) is 12.3 Å². The van der Waals surface area contributed by atoms with Gasteiger partial charge in [0.1, 0.15) is 22.3 Å². The van der Waals surface area contributed by atoms with Crippen LogP contribution in [0.3, 0.4) is 0 Å². The highest BCUT2D eigenvalue weighted by atomic mass is 32.1. The zero-order valence-electron chi connectivity index (χ0n) is 16.3. The minimum atomic E-state index is -0.0958. The van der Waals surface area contributed by atoms with Crippen molar-refractivity contribution in [3.05, 3.63) is 35.5 Å². The molecule has 0 radical (unpaired) electrons. The number of piperidine rings is 1. The van der Waals surface area contributed by atoms with Gasteiger partial charge in [0.15, 0.2) is 11.6 Å². The maximum atomic E-state index is 12.6. The molecule has 3 aromatic heterocycles. The molecule has 3 N–H and O–H groups in total. The Morgan fingerprint density at radius 2 is 2.17 bits per heavy atom. The zero-order valence-corrected chi connectivity index (χ0v) is 17.1. The van der Waals surface area contributed by atoms with Crippen LogP contribution in [0.4, 0.5) is 5.82 Å². The van der Waals surface area contributed by atoms with Gasteiger partial charge in [-0.25, -0.2) is 15.0 Å². The first-order valence-electron chi connectivity index (χ1n) is 9.69. The molecule has 3 aromatic rings. The molecule has 0 atom stereocenters. The van der Waals surface area contributed by atoms with Gasteiger partial charge in [-0.1, -0.05) is 0 Å². The van der Waals surface area contributed by atoms with E-state index in [1.807, 2.05) is 24.4 Å². The molecule has 1 aliphatic rings. The number of hydrogen-bond acceptors (Lipinski definition) is 8. The summed E-state index contributed by atoms with van der Waals surface area (Å²) < 4.78 is 5.67. The lowest BCUT2D eigenvalue weighted by Crippen LogP contribution is -2.40.